The normalized spacial score (nSPS) is 12.5. The lowest BCUT2D eigenvalue weighted by Crippen LogP contribution is -2.27. The van der Waals surface area contributed by atoms with Crippen molar-refractivity contribution in [2.75, 3.05) is 0 Å². The number of rotatable bonds is 1. The SMILES string of the molecule is CC(C)(C)C(Br)(Br)N=C=O. The van der Waals surface area contributed by atoms with Gasteiger partial charge in [-0.25, -0.2) is 4.79 Å². The largest absolute Gasteiger partial charge is 0.237 e. The van der Waals surface area contributed by atoms with Gasteiger partial charge in [-0.05, 0) is 31.9 Å². The zero-order chi connectivity index (χ0) is 8.41. The molecular weight excluding hydrogens is 262 g/mol. The molecule has 58 valence electrons. The maximum absolute atomic E-state index is 9.92. The molecule has 0 aromatic rings. The average molecular weight is 271 g/mol. The van der Waals surface area contributed by atoms with Gasteiger partial charge in [0.05, 0.1) is 0 Å². The van der Waals surface area contributed by atoms with Gasteiger partial charge in [0.1, 0.15) is 0 Å². The van der Waals surface area contributed by atoms with E-state index < -0.39 is 3.36 Å². The Morgan fingerprint density at radius 3 is 1.80 bits per heavy atom. The maximum atomic E-state index is 9.92. The van der Waals surface area contributed by atoms with Crippen LogP contribution >= 0.6 is 31.9 Å². The Labute approximate surface area is 77.4 Å². The summed E-state index contributed by atoms with van der Waals surface area (Å²) in [6.45, 7) is 5.87. The van der Waals surface area contributed by atoms with E-state index in [1.807, 2.05) is 20.8 Å². The Bertz CT molecular complexity index is 165. The first kappa shape index (κ1) is 10.3. The van der Waals surface area contributed by atoms with Crippen molar-refractivity contribution in [1.82, 2.24) is 0 Å². The van der Waals surface area contributed by atoms with E-state index in [4.69, 9.17) is 0 Å². The van der Waals surface area contributed by atoms with Crippen molar-refractivity contribution < 1.29 is 4.79 Å². The molecule has 0 aliphatic heterocycles. The summed E-state index contributed by atoms with van der Waals surface area (Å²) >= 11 is 6.50. The number of hydrogen-bond donors (Lipinski definition) is 0. The molecule has 4 heteroatoms. The zero-order valence-electron chi connectivity index (χ0n) is 6.11. The summed E-state index contributed by atoms with van der Waals surface area (Å²) in [5.74, 6) is 0. The van der Waals surface area contributed by atoms with Crippen LogP contribution in [0.4, 0.5) is 0 Å². The van der Waals surface area contributed by atoms with Gasteiger partial charge < -0.3 is 0 Å². The van der Waals surface area contributed by atoms with E-state index in [-0.39, 0.29) is 5.41 Å². The molecule has 0 unspecified atom stereocenters. The molecule has 0 saturated carbocycles. The van der Waals surface area contributed by atoms with Crippen LogP contribution < -0.4 is 0 Å². The predicted molar refractivity (Wildman–Crippen MR) is 48.2 cm³/mol. The van der Waals surface area contributed by atoms with Crippen LogP contribution in [0.15, 0.2) is 4.99 Å². The minimum Gasteiger partial charge on any atom is -0.211 e. The Kier molecular flexibility index (Phi) is 3.27. The zero-order valence-corrected chi connectivity index (χ0v) is 9.28. The van der Waals surface area contributed by atoms with Crippen LogP contribution in [0.3, 0.4) is 0 Å². The van der Waals surface area contributed by atoms with Crippen molar-refractivity contribution in [2.45, 2.75) is 24.1 Å². The number of aliphatic imine (C=N–C) groups is 1. The second kappa shape index (κ2) is 3.16. The van der Waals surface area contributed by atoms with Crippen molar-refractivity contribution in [3.8, 4) is 0 Å². The third-order valence-corrected chi connectivity index (χ3v) is 3.82. The van der Waals surface area contributed by atoms with Crippen molar-refractivity contribution in [1.29, 1.82) is 0 Å². The molecule has 0 aromatic carbocycles. The fraction of sp³-hybridized carbons (Fsp3) is 0.833. The maximum Gasteiger partial charge on any atom is 0.237 e. The second-order valence-electron chi connectivity index (χ2n) is 2.99. The van der Waals surface area contributed by atoms with Crippen molar-refractivity contribution >= 4 is 37.9 Å². The summed E-state index contributed by atoms with van der Waals surface area (Å²) in [5.41, 5.74) is -0.148. The van der Waals surface area contributed by atoms with E-state index >= 15 is 0 Å². The van der Waals surface area contributed by atoms with E-state index in [0.29, 0.717) is 0 Å². The van der Waals surface area contributed by atoms with Gasteiger partial charge >= 0.3 is 0 Å². The van der Waals surface area contributed by atoms with Gasteiger partial charge in [-0.1, -0.05) is 20.8 Å². The lowest BCUT2D eigenvalue weighted by atomic mass is 9.97. The highest BCUT2D eigenvalue weighted by atomic mass is 79.9. The Balaban J connectivity index is 4.56. The van der Waals surface area contributed by atoms with Gasteiger partial charge in [0.2, 0.25) is 6.08 Å². The molecule has 0 aromatic heterocycles. The quantitative estimate of drug-likeness (QED) is 0.312. The van der Waals surface area contributed by atoms with E-state index in [9.17, 15) is 4.79 Å². The minimum absolute atomic E-state index is 0.148. The molecular formula is C6H9Br2NO. The first-order valence-corrected chi connectivity index (χ1v) is 4.37. The predicted octanol–water partition coefficient (Wildman–Crippen LogP) is 2.81. The van der Waals surface area contributed by atoms with E-state index in [1.165, 1.54) is 6.08 Å². The number of alkyl halides is 2. The van der Waals surface area contributed by atoms with E-state index in [2.05, 4.69) is 36.9 Å². The molecule has 0 radical (unpaired) electrons. The molecule has 0 aliphatic rings. The third-order valence-electron chi connectivity index (χ3n) is 1.09. The molecule has 0 spiro atoms. The topological polar surface area (TPSA) is 29.4 Å². The van der Waals surface area contributed by atoms with Crippen molar-refractivity contribution in [3.63, 3.8) is 0 Å². The first-order valence-electron chi connectivity index (χ1n) is 2.78. The average Bonchev–Trinajstić information content (AvgIpc) is 1.61. The highest BCUT2D eigenvalue weighted by molar-refractivity contribution is 9.25. The molecule has 2 nitrogen and oxygen atoms in total. The standard InChI is InChI=1S/C6H9Br2NO/c1-5(2,3)6(7,8)9-4-10/h1-3H3. The highest BCUT2D eigenvalue weighted by Gasteiger charge is 2.36. The summed E-state index contributed by atoms with van der Waals surface area (Å²) in [7, 11) is 0. The van der Waals surface area contributed by atoms with Crippen molar-refractivity contribution in [2.24, 2.45) is 10.4 Å². The van der Waals surface area contributed by atoms with Gasteiger partial charge in [-0.15, -0.1) is 0 Å². The molecule has 0 N–H and O–H groups in total. The number of nitrogens with zero attached hydrogens (tertiary/aromatic N) is 1. The fourth-order valence-electron chi connectivity index (χ4n) is 0.225. The number of isocyanates is 1. The van der Waals surface area contributed by atoms with Gasteiger partial charge in [-0.3, -0.25) is 0 Å². The van der Waals surface area contributed by atoms with Crippen molar-refractivity contribution in [3.05, 3.63) is 0 Å². The van der Waals surface area contributed by atoms with Crippen LogP contribution in [0.2, 0.25) is 0 Å². The molecule has 0 heterocycles. The Morgan fingerprint density at radius 2 is 1.70 bits per heavy atom. The van der Waals surface area contributed by atoms with Crippen LogP contribution in [0.1, 0.15) is 20.8 Å². The van der Waals surface area contributed by atoms with Gasteiger partial charge in [0, 0.05) is 5.41 Å². The van der Waals surface area contributed by atoms with E-state index in [1.54, 1.807) is 0 Å². The summed E-state index contributed by atoms with van der Waals surface area (Å²) < 4.78 is -0.686. The fourth-order valence-corrected chi connectivity index (χ4v) is 0.370. The number of carbonyl (C=O) groups excluding carboxylic acids is 1. The lowest BCUT2D eigenvalue weighted by Gasteiger charge is -2.29. The lowest BCUT2D eigenvalue weighted by molar-refractivity contribution is 0.385. The Morgan fingerprint density at radius 1 is 1.30 bits per heavy atom. The molecule has 0 aliphatic carbocycles. The molecule has 10 heavy (non-hydrogen) atoms. The van der Waals surface area contributed by atoms with Crippen LogP contribution in [0.25, 0.3) is 0 Å². The minimum atomic E-state index is -0.686. The van der Waals surface area contributed by atoms with Gasteiger partial charge in [0.15, 0.2) is 3.36 Å². The van der Waals surface area contributed by atoms with Crippen LogP contribution in [-0.2, 0) is 4.79 Å². The summed E-state index contributed by atoms with van der Waals surface area (Å²) in [6.07, 6.45) is 1.50. The molecule has 0 rings (SSSR count). The van der Waals surface area contributed by atoms with Gasteiger partial charge in [0.25, 0.3) is 0 Å². The Hall–Kier alpha value is 0.340. The first-order chi connectivity index (χ1) is 4.31. The molecule has 0 bridgehead atoms. The smallest absolute Gasteiger partial charge is 0.211 e. The summed E-state index contributed by atoms with van der Waals surface area (Å²) in [4.78, 5) is 13.5. The van der Waals surface area contributed by atoms with E-state index in [0.717, 1.165) is 0 Å². The van der Waals surface area contributed by atoms with Crippen LogP contribution in [0, 0.1) is 5.41 Å². The number of hydrogen-bond acceptors (Lipinski definition) is 2. The molecule has 0 fully saturated rings. The highest BCUT2D eigenvalue weighted by Crippen LogP contribution is 2.44. The van der Waals surface area contributed by atoms with Crippen LogP contribution in [0.5, 0.6) is 0 Å². The molecule has 0 saturated heterocycles. The van der Waals surface area contributed by atoms with Gasteiger partial charge in [-0.2, -0.15) is 4.99 Å². The third kappa shape index (κ3) is 2.52. The summed E-state index contributed by atoms with van der Waals surface area (Å²) in [6, 6.07) is 0. The van der Waals surface area contributed by atoms with Crippen LogP contribution in [-0.4, -0.2) is 9.44 Å². The molecule has 0 amide bonds. The summed E-state index contributed by atoms with van der Waals surface area (Å²) in [5, 5.41) is 0. The second-order valence-corrected chi connectivity index (χ2v) is 6.35. The molecule has 0 atom stereocenters. The number of halogens is 2. The monoisotopic (exact) mass is 269 g/mol.